The van der Waals surface area contributed by atoms with E-state index in [-0.39, 0.29) is 6.61 Å². The van der Waals surface area contributed by atoms with Crippen molar-refractivity contribution in [2.75, 3.05) is 53.3 Å². The van der Waals surface area contributed by atoms with Gasteiger partial charge in [-0.25, -0.2) is 0 Å². The zero-order valence-electron chi connectivity index (χ0n) is 13.1. The summed E-state index contributed by atoms with van der Waals surface area (Å²) in [6.07, 6.45) is 8.22. The number of aliphatic hydroxyl groups excluding tert-OH is 1. The molecule has 0 fully saturated rings. The summed E-state index contributed by atoms with van der Waals surface area (Å²) in [5, 5.41) is 8.34. The van der Waals surface area contributed by atoms with E-state index in [4.69, 9.17) is 9.84 Å². The maximum atomic E-state index is 9.56. The van der Waals surface area contributed by atoms with Crippen LogP contribution in [0.4, 0.5) is 0 Å². The number of ether oxygens (including phenoxy) is 3. The van der Waals surface area contributed by atoms with E-state index in [9.17, 15) is 4.55 Å². The minimum Gasteiger partial charge on any atom is -0.617 e. The van der Waals surface area contributed by atoms with Crippen molar-refractivity contribution >= 4 is 11.2 Å². The van der Waals surface area contributed by atoms with Crippen molar-refractivity contribution in [2.45, 2.75) is 32.6 Å². The molecular weight excluding hydrogens is 268 g/mol. The van der Waals surface area contributed by atoms with Gasteiger partial charge in [0, 0.05) is 20.8 Å². The van der Waals surface area contributed by atoms with Gasteiger partial charge in [-0.1, -0.05) is 37.4 Å². The highest BCUT2D eigenvalue weighted by Crippen LogP contribution is 1.98. The normalized spacial score (nSPS) is 9.47. The predicted molar refractivity (Wildman–Crippen MR) is 80.9 cm³/mol. The summed E-state index contributed by atoms with van der Waals surface area (Å²) in [4.78, 5) is 0. The molecule has 0 aliphatic rings. The molecule has 120 valence electrons. The molecule has 1 N–H and O–H groups in total. The Labute approximate surface area is 121 Å². The lowest BCUT2D eigenvalue weighted by atomic mass is 10.2. The van der Waals surface area contributed by atoms with Crippen molar-refractivity contribution in [1.82, 2.24) is 0 Å². The lowest BCUT2D eigenvalue weighted by Crippen LogP contribution is -2.00. The fourth-order valence-corrected chi connectivity index (χ4v) is 0.915. The quantitative estimate of drug-likeness (QED) is 0.399. The van der Waals surface area contributed by atoms with Gasteiger partial charge in [-0.05, 0) is 6.42 Å². The Morgan fingerprint density at radius 2 is 1.53 bits per heavy atom. The lowest BCUT2D eigenvalue weighted by molar-refractivity contribution is -0.00271. The maximum absolute atomic E-state index is 9.56. The van der Waals surface area contributed by atoms with Crippen molar-refractivity contribution in [3.63, 3.8) is 0 Å². The molecule has 0 spiro atoms. The fraction of sp³-hybridized carbons (Fsp3) is 1.00. The molecule has 0 aliphatic carbocycles. The predicted octanol–water partition coefficient (Wildman–Crippen LogP) is 1.81. The first-order chi connectivity index (χ1) is 9.06. The van der Waals surface area contributed by atoms with Crippen molar-refractivity contribution < 1.29 is 23.9 Å². The number of hydrogen-bond acceptors (Lipinski definition) is 5. The Morgan fingerprint density at radius 3 is 1.84 bits per heavy atom. The highest BCUT2D eigenvalue weighted by Gasteiger charge is 1.87. The molecule has 0 unspecified atom stereocenters. The highest BCUT2D eigenvalue weighted by atomic mass is 32.2. The summed E-state index contributed by atoms with van der Waals surface area (Å²) in [5.74, 6) is 0. The van der Waals surface area contributed by atoms with E-state index in [1.807, 2.05) is 0 Å². The summed E-state index contributed by atoms with van der Waals surface area (Å²) < 4.78 is 23.6. The molecule has 0 heterocycles. The third kappa shape index (κ3) is 56.5. The van der Waals surface area contributed by atoms with Crippen molar-refractivity contribution in [3.8, 4) is 0 Å². The van der Waals surface area contributed by atoms with E-state index in [1.165, 1.54) is 19.3 Å². The van der Waals surface area contributed by atoms with Gasteiger partial charge >= 0.3 is 0 Å². The lowest BCUT2D eigenvalue weighted by Gasteiger charge is -2.00. The first kappa shape index (κ1) is 24.2. The summed E-state index contributed by atoms with van der Waals surface area (Å²) in [6, 6.07) is 0. The third-order valence-corrected chi connectivity index (χ3v) is 1.61. The molecule has 0 aliphatic heterocycles. The van der Waals surface area contributed by atoms with Crippen LogP contribution in [-0.2, 0) is 25.4 Å². The van der Waals surface area contributed by atoms with Crippen LogP contribution in [-0.4, -0.2) is 63.0 Å². The van der Waals surface area contributed by atoms with Gasteiger partial charge in [0.25, 0.3) is 0 Å². The number of hydrogen-bond donors (Lipinski definition) is 1. The van der Waals surface area contributed by atoms with E-state index in [0.29, 0.717) is 13.4 Å². The Morgan fingerprint density at radius 1 is 1.00 bits per heavy atom. The van der Waals surface area contributed by atoms with Gasteiger partial charge < -0.3 is 23.9 Å². The fourth-order valence-electron chi connectivity index (χ4n) is 0.915. The summed E-state index contributed by atoms with van der Waals surface area (Å²) in [7, 11) is 3.17. The summed E-state index contributed by atoms with van der Waals surface area (Å²) in [6.45, 7) is 4.02. The molecule has 0 aromatic heterocycles. The second-order valence-electron chi connectivity index (χ2n) is 3.83. The summed E-state index contributed by atoms with van der Waals surface area (Å²) >= 11 is -0.611. The first-order valence-corrected chi connectivity index (χ1v) is 8.44. The smallest absolute Gasteiger partial charge is 0.145 e. The van der Waals surface area contributed by atoms with Gasteiger partial charge in [0.15, 0.2) is 0 Å². The zero-order chi connectivity index (χ0) is 15.4. The minimum absolute atomic E-state index is 0.147. The van der Waals surface area contributed by atoms with E-state index < -0.39 is 11.2 Å². The van der Waals surface area contributed by atoms with Gasteiger partial charge in [0.05, 0.1) is 25.7 Å². The van der Waals surface area contributed by atoms with Crippen molar-refractivity contribution in [1.29, 1.82) is 0 Å². The van der Waals surface area contributed by atoms with Crippen LogP contribution in [0, 0.1) is 0 Å². The second-order valence-corrected chi connectivity index (χ2v) is 5.32. The van der Waals surface area contributed by atoms with Gasteiger partial charge in [0.2, 0.25) is 0 Å². The molecule has 5 nitrogen and oxygen atoms in total. The molecule has 0 atom stereocenters. The standard InChI is InChI=1S/C8H18O2.C3H8O2.C2H6OS/c1-2-3-4-5-7-10-8-6-9;1-4-3-5-2;1-4(2)3/h9H,2-8H2,1H3;3H2,1-2H3;1-2H3. The minimum atomic E-state index is -0.611. The molecule has 19 heavy (non-hydrogen) atoms. The second kappa shape index (κ2) is 26.7. The van der Waals surface area contributed by atoms with Crippen LogP contribution in [0.2, 0.25) is 0 Å². The van der Waals surface area contributed by atoms with Crippen LogP contribution < -0.4 is 0 Å². The molecule has 0 aromatic carbocycles. The van der Waals surface area contributed by atoms with E-state index >= 15 is 0 Å². The van der Waals surface area contributed by atoms with E-state index in [2.05, 4.69) is 16.4 Å². The Bertz CT molecular complexity index is 113. The monoisotopic (exact) mass is 300 g/mol. The average molecular weight is 300 g/mol. The average Bonchev–Trinajstić information content (AvgIpc) is 2.35. The third-order valence-electron chi connectivity index (χ3n) is 1.61. The summed E-state index contributed by atoms with van der Waals surface area (Å²) in [5.41, 5.74) is 0. The molecule has 0 bridgehead atoms. The van der Waals surface area contributed by atoms with Crippen LogP contribution in [0.5, 0.6) is 0 Å². The van der Waals surface area contributed by atoms with Gasteiger partial charge in [-0.3, -0.25) is 0 Å². The topological polar surface area (TPSA) is 71.0 Å². The zero-order valence-corrected chi connectivity index (χ0v) is 14.0. The Balaban J connectivity index is -0.000000238. The maximum Gasteiger partial charge on any atom is 0.145 e. The van der Waals surface area contributed by atoms with E-state index in [1.54, 1.807) is 26.7 Å². The number of aliphatic hydroxyl groups is 1. The molecular formula is C13H32O5S. The van der Waals surface area contributed by atoms with Crippen molar-refractivity contribution in [2.24, 2.45) is 0 Å². The number of rotatable bonds is 9. The van der Waals surface area contributed by atoms with E-state index in [0.717, 1.165) is 13.0 Å². The Kier molecular flexibility index (Phi) is 33.9. The SMILES string of the molecule is CCCCCCOCCO.COCOC.C[S+](C)[O-]. The first-order valence-electron chi connectivity index (χ1n) is 6.48. The molecule has 6 heteroatoms. The Hall–Kier alpha value is 0.150. The largest absolute Gasteiger partial charge is 0.617 e. The van der Waals surface area contributed by atoms with Crippen LogP contribution in [0.25, 0.3) is 0 Å². The molecule has 0 saturated heterocycles. The van der Waals surface area contributed by atoms with Crippen LogP contribution >= 0.6 is 0 Å². The number of methoxy groups -OCH3 is 2. The number of unbranched alkanes of at least 4 members (excludes halogenated alkanes) is 3. The van der Waals surface area contributed by atoms with Crippen LogP contribution in [0.3, 0.4) is 0 Å². The van der Waals surface area contributed by atoms with Gasteiger partial charge in [-0.2, -0.15) is 0 Å². The van der Waals surface area contributed by atoms with Gasteiger partial charge in [0.1, 0.15) is 6.79 Å². The molecule has 0 amide bonds. The molecule has 0 aromatic rings. The van der Waals surface area contributed by atoms with Crippen molar-refractivity contribution in [3.05, 3.63) is 0 Å². The molecule has 0 radical (unpaired) electrons. The molecule has 0 saturated carbocycles. The van der Waals surface area contributed by atoms with Gasteiger partial charge in [-0.15, -0.1) is 0 Å². The van der Waals surface area contributed by atoms with Crippen LogP contribution in [0.1, 0.15) is 32.6 Å². The van der Waals surface area contributed by atoms with Crippen LogP contribution in [0.15, 0.2) is 0 Å². The highest BCUT2D eigenvalue weighted by molar-refractivity contribution is 7.89. The molecule has 0 rings (SSSR count).